The van der Waals surface area contributed by atoms with E-state index < -0.39 is 10.0 Å². The molecule has 0 saturated carbocycles. The van der Waals surface area contributed by atoms with Gasteiger partial charge in [0, 0.05) is 42.6 Å². The summed E-state index contributed by atoms with van der Waals surface area (Å²) in [7, 11) is -3.60. The minimum Gasteiger partial charge on any atom is -0.351 e. The Balaban J connectivity index is 1.32. The second-order valence-electron chi connectivity index (χ2n) is 6.43. The summed E-state index contributed by atoms with van der Waals surface area (Å²) in [5.74, 6) is -0.551. The van der Waals surface area contributed by atoms with Crippen LogP contribution in [0.25, 0.3) is 11.2 Å². The van der Waals surface area contributed by atoms with Crippen LogP contribution in [0.4, 0.5) is 5.69 Å². The standard InChI is InChI=1S/C20H19N5O3S/c26-20(16-3-5-18(6-4-16)24-11-1-2-12-24)21-10-14-29(27,28)23-17-8-13-25-19(15-17)7-9-22-25/h1-9,11-13,15,23H,10,14H2,(H,21,26). The molecule has 1 aromatic carbocycles. The number of hydrogen-bond acceptors (Lipinski definition) is 4. The summed E-state index contributed by atoms with van der Waals surface area (Å²) in [5.41, 5.74) is 2.64. The van der Waals surface area contributed by atoms with Gasteiger partial charge in [0.25, 0.3) is 5.91 Å². The molecule has 0 aliphatic heterocycles. The van der Waals surface area contributed by atoms with E-state index in [1.165, 1.54) is 0 Å². The normalized spacial score (nSPS) is 11.4. The molecule has 3 heterocycles. The highest BCUT2D eigenvalue weighted by Crippen LogP contribution is 2.13. The number of sulfonamides is 1. The van der Waals surface area contributed by atoms with Gasteiger partial charge in [-0.05, 0) is 54.6 Å². The van der Waals surface area contributed by atoms with Crippen molar-refractivity contribution in [2.45, 2.75) is 0 Å². The maximum Gasteiger partial charge on any atom is 0.251 e. The van der Waals surface area contributed by atoms with Gasteiger partial charge in [0.15, 0.2) is 0 Å². The molecule has 8 nitrogen and oxygen atoms in total. The smallest absolute Gasteiger partial charge is 0.251 e. The van der Waals surface area contributed by atoms with E-state index >= 15 is 0 Å². The van der Waals surface area contributed by atoms with Gasteiger partial charge in [0.2, 0.25) is 10.0 Å². The van der Waals surface area contributed by atoms with Crippen LogP contribution in [0.15, 0.2) is 79.4 Å². The van der Waals surface area contributed by atoms with Gasteiger partial charge in [-0.1, -0.05) is 0 Å². The number of nitrogens with one attached hydrogen (secondary N) is 2. The molecule has 3 aromatic heterocycles. The highest BCUT2D eigenvalue weighted by Gasteiger charge is 2.13. The fourth-order valence-electron chi connectivity index (χ4n) is 2.91. The number of nitrogens with zero attached hydrogens (tertiary/aromatic N) is 3. The van der Waals surface area contributed by atoms with Crippen molar-refractivity contribution in [2.24, 2.45) is 0 Å². The summed E-state index contributed by atoms with van der Waals surface area (Å²) in [6, 6.07) is 16.0. The van der Waals surface area contributed by atoms with Crippen LogP contribution in [0.1, 0.15) is 10.4 Å². The number of pyridine rings is 1. The van der Waals surface area contributed by atoms with Crippen molar-refractivity contribution in [3.63, 3.8) is 0 Å². The minimum absolute atomic E-state index is 0.00243. The second kappa shape index (κ2) is 7.80. The Morgan fingerprint density at radius 2 is 1.76 bits per heavy atom. The van der Waals surface area contributed by atoms with E-state index in [0.717, 1.165) is 11.2 Å². The lowest BCUT2D eigenvalue weighted by molar-refractivity contribution is 0.0956. The molecule has 0 atom stereocenters. The first kappa shape index (κ1) is 18.8. The highest BCUT2D eigenvalue weighted by atomic mass is 32.2. The van der Waals surface area contributed by atoms with Crippen LogP contribution >= 0.6 is 0 Å². The molecule has 0 saturated heterocycles. The molecule has 4 aromatic rings. The van der Waals surface area contributed by atoms with Gasteiger partial charge in [-0.3, -0.25) is 9.52 Å². The number of aromatic nitrogens is 3. The monoisotopic (exact) mass is 409 g/mol. The first-order valence-corrected chi connectivity index (χ1v) is 10.6. The van der Waals surface area contributed by atoms with Gasteiger partial charge in [0.1, 0.15) is 0 Å². The van der Waals surface area contributed by atoms with Crippen molar-refractivity contribution in [2.75, 3.05) is 17.0 Å². The topological polar surface area (TPSA) is 97.5 Å². The largest absolute Gasteiger partial charge is 0.351 e. The minimum atomic E-state index is -3.60. The molecule has 1 amide bonds. The Bertz CT molecular complexity index is 1230. The number of hydrogen-bond donors (Lipinski definition) is 2. The molecule has 9 heteroatoms. The molecule has 0 unspecified atom stereocenters. The summed E-state index contributed by atoms with van der Waals surface area (Å²) in [5, 5.41) is 6.71. The molecular formula is C20H19N5O3S. The maximum atomic E-state index is 12.3. The molecule has 0 aliphatic carbocycles. The zero-order chi connectivity index (χ0) is 20.3. The van der Waals surface area contributed by atoms with E-state index in [1.807, 2.05) is 41.2 Å². The summed E-state index contributed by atoms with van der Waals surface area (Å²) in [4.78, 5) is 12.3. The van der Waals surface area contributed by atoms with Gasteiger partial charge in [-0.2, -0.15) is 5.10 Å². The Kier molecular flexibility index (Phi) is 5.05. The number of amides is 1. The zero-order valence-corrected chi connectivity index (χ0v) is 16.2. The quantitative estimate of drug-likeness (QED) is 0.489. The number of anilines is 1. The molecule has 0 bridgehead atoms. The Morgan fingerprint density at radius 3 is 2.52 bits per heavy atom. The van der Waals surface area contributed by atoms with Crippen LogP contribution in [-0.2, 0) is 10.0 Å². The highest BCUT2D eigenvalue weighted by molar-refractivity contribution is 7.92. The van der Waals surface area contributed by atoms with Crippen molar-refractivity contribution in [1.29, 1.82) is 0 Å². The molecule has 0 aliphatic rings. The van der Waals surface area contributed by atoms with Crippen molar-refractivity contribution in [3.8, 4) is 5.69 Å². The average molecular weight is 409 g/mol. The first-order chi connectivity index (χ1) is 14.0. The van der Waals surface area contributed by atoms with Crippen LogP contribution < -0.4 is 10.0 Å². The molecule has 0 spiro atoms. The third-order valence-electron chi connectivity index (χ3n) is 4.36. The molecule has 29 heavy (non-hydrogen) atoms. The first-order valence-electron chi connectivity index (χ1n) is 8.96. The molecule has 2 N–H and O–H groups in total. The van der Waals surface area contributed by atoms with E-state index in [9.17, 15) is 13.2 Å². The molecule has 4 rings (SSSR count). The number of benzene rings is 1. The summed E-state index contributed by atoms with van der Waals surface area (Å²) in [6.45, 7) is 0.00243. The van der Waals surface area contributed by atoms with Crippen LogP contribution in [0.2, 0.25) is 0 Å². The van der Waals surface area contributed by atoms with Crippen LogP contribution in [0.3, 0.4) is 0 Å². The van der Waals surface area contributed by atoms with Gasteiger partial charge in [0.05, 0.1) is 17.0 Å². The fourth-order valence-corrected chi connectivity index (χ4v) is 3.87. The molecule has 0 radical (unpaired) electrons. The average Bonchev–Trinajstić information content (AvgIpc) is 3.39. The van der Waals surface area contributed by atoms with E-state index in [-0.39, 0.29) is 18.2 Å². The molecule has 0 fully saturated rings. The van der Waals surface area contributed by atoms with Crippen molar-refractivity contribution in [1.82, 2.24) is 19.5 Å². The third kappa shape index (κ3) is 4.46. The number of carbonyl (C=O) groups excluding carboxylic acids is 1. The second-order valence-corrected chi connectivity index (χ2v) is 8.27. The van der Waals surface area contributed by atoms with E-state index in [1.54, 1.807) is 47.2 Å². The Hall–Kier alpha value is -3.59. The summed E-state index contributed by atoms with van der Waals surface area (Å²) in [6.07, 6.45) is 7.13. The number of rotatable bonds is 7. The third-order valence-corrected chi connectivity index (χ3v) is 5.65. The lowest BCUT2D eigenvalue weighted by Crippen LogP contribution is -2.31. The predicted octanol–water partition coefficient (Wildman–Crippen LogP) is 2.30. The van der Waals surface area contributed by atoms with Crippen molar-refractivity contribution >= 4 is 27.1 Å². The van der Waals surface area contributed by atoms with Crippen molar-refractivity contribution in [3.05, 3.63) is 84.9 Å². The van der Waals surface area contributed by atoms with E-state index in [4.69, 9.17) is 0 Å². The van der Waals surface area contributed by atoms with E-state index in [2.05, 4.69) is 15.1 Å². The summed E-state index contributed by atoms with van der Waals surface area (Å²) >= 11 is 0. The maximum absolute atomic E-state index is 12.3. The van der Waals surface area contributed by atoms with Gasteiger partial charge in [-0.25, -0.2) is 12.9 Å². The molecule has 148 valence electrons. The lowest BCUT2D eigenvalue weighted by atomic mass is 10.2. The fraction of sp³-hybridized carbons (Fsp3) is 0.100. The van der Waals surface area contributed by atoms with Crippen LogP contribution in [0, 0.1) is 0 Å². The van der Waals surface area contributed by atoms with E-state index in [0.29, 0.717) is 11.3 Å². The Morgan fingerprint density at radius 1 is 1.00 bits per heavy atom. The van der Waals surface area contributed by atoms with Gasteiger partial charge in [-0.15, -0.1) is 0 Å². The van der Waals surface area contributed by atoms with Crippen molar-refractivity contribution < 1.29 is 13.2 Å². The van der Waals surface area contributed by atoms with Crippen LogP contribution in [-0.4, -0.2) is 40.8 Å². The SMILES string of the molecule is O=C(NCCS(=O)(=O)Nc1ccn2nccc2c1)c1ccc(-n2cccc2)cc1. The summed E-state index contributed by atoms with van der Waals surface area (Å²) < 4.78 is 30.6. The van der Waals surface area contributed by atoms with Gasteiger partial charge >= 0.3 is 0 Å². The molecular weight excluding hydrogens is 390 g/mol. The zero-order valence-electron chi connectivity index (χ0n) is 15.4. The number of fused-ring (bicyclic) bond motifs is 1. The van der Waals surface area contributed by atoms with Crippen LogP contribution in [0.5, 0.6) is 0 Å². The number of carbonyl (C=O) groups is 1. The Labute approximate surface area is 167 Å². The lowest BCUT2D eigenvalue weighted by Gasteiger charge is -2.10. The van der Waals surface area contributed by atoms with Gasteiger partial charge < -0.3 is 9.88 Å². The predicted molar refractivity (Wildman–Crippen MR) is 111 cm³/mol.